The van der Waals surface area contributed by atoms with Crippen molar-refractivity contribution < 1.29 is 25.2 Å². The van der Waals surface area contributed by atoms with Crippen molar-refractivity contribution in [3.05, 3.63) is 0 Å². The van der Waals surface area contributed by atoms with Crippen molar-refractivity contribution in [2.45, 2.75) is 93.8 Å². The summed E-state index contributed by atoms with van der Waals surface area (Å²) in [5.41, 5.74) is 0. The van der Waals surface area contributed by atoms with E-state index in [1.165, 1.54) is 11.8 Å². The molecule has 1 saturated carbocycles. The van der Waals surface area contributed by atoms with Gasteiger partial charge in [-0.1, -0.05) is 33.6 Å². The number of carbonyl (C=O) groups is 1. The van der Waals surface area contributed by atoms with E-state index in [9.17, 15) is 25.2 Å². The molecule has 1 heterocycles. The fraction of sp³-hybridized carbons (Fsp3) is 0.944. The Hall–Kier alpha value is -0.340. The molecule has 1 saturated heterocycles. The number of carboxylic acids is 1. The van der Waals surface area contributed by atoms with Gasteiger partial charge in [0.15, 0.2) is 0 Å². The average Bonchev–Trinajstić information content (AvgIpc) is 2.56. The van der Waals surface area contributed by atoms with E-state index in [0.717, 1.165) is 25.7 Å². The Bertz CT molecular complexity index is 449. The van der Waals surface area contributed by atoms with Crippen LogP contribution in [0.25, 0.3) is 0 Å². The molecule has 5 N–H and O–H groups in total. The first kappa shape index (κ1) is 21.0. The number of hydrogen-bond donors (Lipinski definition) is 5. The summed E-state index contributed by atoms with van der Waals surface area (Å²) >= 11 is 1.52. The number of hydrogen-bond acceptors (Lipinski definition) is 6. The molecule has 7 heteroatoms. The summed E-state index contributed by atoms with van der Waals surface area (Å²) < 4.78 is 0. The zero-order valence-electron chi connectivity index (χ0n) is 15.3. The molecule has 0 aromatic rings. The molecule has 0 aromatic heterocycles. The lowest BCUT2D eigenvalue weighted by molar-refractivity contribution is -0.140. The maximum Gasteiger partial charge on any atom is 0.320 e. The number of aliphatic hydroxyl groups excluding tert-OH is 3. The highest BCUT2D eigenvalue weighted by Gasteiger charge is 2.47. The van der Waals surface area contributed by atoms with Crippen LogP contribution in [0.4, 0.5) is 0 Å². The monoisotopic (exact) mass is 375 g/mol. The van der Waals surface area contributed by atoms with Crippen LogP contribution in [0.5, 0.6) is 0 Å². The van der Waals surface area contributed by atoms with E-state index >= 15 is 0 Å². The van der Waals surface area contributed by atoms with Gasteiger partial charge in [0, 0.05) is 16.5 Å². The van der Waals surface area contributed by atoms with E-state index in [1.807, 2.05) is 20.8 Å². The number of aliphatic carboxylic acids is 1. The van der Waals surface area contributed by atoms with Crippen LogP contribution < -0.4 is 5.32 Å². The lowest BCUT2D eigenvalue weighted by Crippen LogP contribution is -2.58. The molecule has 2 rings (SSSR count). The quantitative estimate of drug-likeness (QED) is 0.475. The van der Waals surface area contributed by atoms with Crippen LogP contribution in [0, 0.1) is 11.8 Å². The molecule has 0 aromatic carbocycles. The topological polar surface area (TPSA) is 110 Å². The first-order valence-electron chi connectivity index (χ1n) is 9.40. The second-order valence-electron chi connectivity index (χ2n) is 8.02. The van der Waals surface area contributed by atoms with E-state index in [4.69, 9.17) is 0 Å². The lowest BCUT2D eigenvalue weighted by atomic mass is 9.78. The van der Waals surface area contributed by atoms with Gasteiger partial charge in [0.1, 0.15) is 12.1 Å². The Balaban J connectivity index is 2.12. The Morgan fingerprint density at radius 2 is 1.76 bits per heavy atom. The molecule has 0 radical (unpaired) electrons. The highest BCUT2D eigenvalue weighted by Crippen LogP contribution is 2.42. The minimum absolute atomic E-state index is 0.00962. The third-order valence-corrected chi connectivity index (χ3v) is 7.20. The van der Waals surface area contributed by atoms with Crippen LogP contribution in [-0.4, -0.2) is 67.3 Å². The molecule has 0 amide bonds. The Labute approximate surface area is 154 Å². The van der Waals surface area contributed by atoms with Gasteiger partial charge in [-0.3, -0.25) is 4.79 Å². The van der Waals surface area contributed by atoms with Crippen LogP contribution in [0.2, 0.25) is 0 Å². The maximum absolute atomic E-state index is 11.6. The first-order chi connectivity index (χ1) is 11.7. The predicted octanol–water partition coefficient (Wildman–Crippen LogP) is 1.22. The highest BCUT2D eigenvalue weighted by molar-refractivity contribution is 8.00. The SMILES string of the molecule is CC(C)C[C@H](NC1CCCCC1[C@@H]1S[C@@H](C)[C@@H](O)[C@@H](O)[C@@H]1O)C(=O)O. The molecule has 6 nitrogen and oxygen atoms in total. The van der Waals surface area contributed by atoms with Crippen molar-refractivity contribution in [2.24, 2.45) is 11.8 Å². The largest absolute Gasteiger partial charge is 0.480 e. The molecule has 25 heavy (non-hydrogen) atoms. The lowest BCUT2D eigenvalue weighted by Gasteiger charge is -2.46. The summed E-state index contributed by atoms with van der Waals surface area (Å²) in [6, 6.07) is -0.584. The molecule has 0 bridgehead atoms. The molecule has 0 spiro atoms. The third kappa shape index (κ3) is 5.10. The van der Waals surface area contributed by atoms with E-state index in [-0.39, 0.29) is 28.4 Å². The fourth-order valence-electron chi connectivity index (χ4n) is 4.17. The average molecular weight is 376 g/mol. The van der Waals surface area contributed by atoms with Crippen molar-refractivity contribution in [2.75, 3.05) is 0 Å². The van der Waals surface area contributed by atoms with Gasteiger partial charge in [0.2, 0.25) is 0 Å². The number of rotatable bonds is 6. The summed E-state index contributed by atoms with van der Waals surface area (Å²) in [6.07, 6.45) is 1.36. The summed E-state index contributed by atoms with van der Waals surface area (Å²) in [4.78, 5) is 11.6. The molecule has 2 fully saturated rings. The smallest absolute Gasteiger partial charge is 0.320 e. The van der Waals surface area contributed by atoms with Gasteiger partial charge >= 0.3 is 5.97 Å². The predicted molar refractivity (Wildman–Crippen MR) is 98.6 cm³/mol. The van der Waals surface area contributed by atoms with Crippen molar-refractivity contribution in [1.82, 2.24) is 5.32 Å². The maximum atomic E-state index is 11.6. The summed E-state index contributed by atoms with van der Waals surface area (Å²) in [6.45, 7) is 5.88. The van der Waals surface area contributed by atoms with Crippen LogP contribution in [0.15, 0.2) is 0 Å². The molecular formula is C18H33NO5S. The second kappa shape index (κ2) is 9.04. The molecular weight excluding hydrogens is 342 g/mol. The second-order valence-corrected chi connectivity index (χ2v) is 9.58. The van der Waals surface area contributed by atoms with Crippen LogP contribution in [0.3, 0.4) is 0 Å². The number of aliphatic hydroxyl groups is 3. The molecule has 8 atom stereocenters. The number of nitrogens with one attached hydrogen (secondary N) is 1. The van der Waals surface area contributed by atoms with Crippen molar-refractivity contribution in [3.8, 4) is 0 Å². The zero-order chi connectivity index (χ0) is 18.7. The van der Waals surface area contributed by atoms with Gasteiger partial charge in [-0.15, -0.1) is 11.8 Å². The standard InChI is InChI=1S/C18H33NO5S/c1-9(2)8-13(18(23)24)19-12-7-5-4-6-11(12)17-16(22)15(21)14(20)10(3)25-17/h9-17,19-22H,4-8H2,1-3H3,(H,23,24)/t10-,11?,12?,13-,14+,15+,16-,17-/m0/s1. The summed E-state index contributed by atoms with van der Waals surface area (Å²) in [5, 5.41) is 43.2. The first-order valence-corrected chi connectivity index (χ1v) is 10.3. The number of thioether (sulfide) groups is 1. The molecule has 1 aliphatic carbocycles. The van der Waals surface area contributed by atoms with E-state index < -0.39 is 30.3 Å². The van der Waals surface area contributed by atoms with Gasteiger partial charge in [-0.05, 0) is 31.1 Å². The fourth-order valence-corrected chi connectivity index (χ4v) is 5.83. The Morgan fingerprint density at radius 3 is 2.36 bits per heavy atom. The van der Waals surface area contributed by atoms with Crippen molar-refractivity contribution in [3.63, 3.8) is 0 Å². The van der Waals surface area contributed by atoms with Crippen molar-refractivity contribution >= 4 is 17.7 Å². The van der Waals surface area contributed by atoms with Gasteiger partial charge in [0.05, 0.1) is 12.2 Å². The van der Waals surface area contributed by atoms with E-state index in [2.05, 4.69) is 5.32 Å². The molecule has 146 valence electrons. The minimum Gasteiger partial charge on any atom is -0.480 e. The highest BCUT2D eigenvalue weighted by atomic mass is 32.2. The van der Waals surface area contributed by atoms with Crippen LogP contribution in [0.1, 0.15) is 52.9 Å². The number of carboxylic acid groups (broad SMARTS) is 1. The Kier molecular flexibility index (Phi) is 7.58. The van der Waals surface area contributed by atoms with E-state index in [0.29, 0.717) is 6.42 Å². The minimum atomic E-state index is -1.14. The summed E-state index contributed by atoms with van der Waals surface area (Å²) in [7, 11) is 0. The van der Waals surface area contributed by atoms with E-state index in [1.54, 1.807) is 0 Å². The zero-order valence-corrected chi connectivity index (χ0v) is 16.2. The van der Waals surface area contributed by atoms with Crippen LogP contribution >= 0.6 is 11.8 Å². The van der Waals surface area contributed by atoms with Gasteiger partial charge in [-0.25, -0.2) is 0 Å². The van der Waals surface area contributed by atoms with Gasteiger partial charge in [-0.2, -0.15) is 0 Å². The van der Waals surface area contributed by atoms with Gasteiger partial charge in [0.25, 0.3) is 0 Å². The normalized spacial score (nSPS) is 40.8. The van der Waals surface area contributed by atoms with Crippen LogP contribution in [-0.2, 0) is 4.79 Å². The summed E-state index contributed by atoms with van der Waals surface area (Å²) in [5.74, 6) is -0.465. The third-order valence-electron chi connectivity index (χ3n) is 5.55. The van der Waals surface area contributed by atoms with Crippen molar-refractivity contribution in [1.29, 1.82) is 0 Å². The molecule has 1 aliphatic heterocycles. The molecule has 2 aliphatic rings. The van der Waals surface area contributed by atoms with Gasteiger partial charge < -0.3 is 25.7 Å². The Morgan fingerprint density at radius 1 is 1.12 bits per heavy atom. The molecule has 2 unspecified atom stereocenters.